The fourth-order valence-electron chi connectivity index (χ4n) is 4.84. The maximum Gasteiger partial charge on any atom is 0.534 e. The van der Waals surface area contributed by atoms with Gasteiger partial charge >= 0.3 is 38.7 Å². The largest absolute Gasteiger partial charge is 0.534 e. The van der Waals surface area contributed by atoms with Gasteiger partial charge in [-0.2, -0.15) is 21.6 Å². The van der Waals surface area contributed by atoms with Gasteiger partial charge in [-0.3, -0.25) is 9.59 Å². The van der Waals surface area contributed by atoms with Crippen LogP contribution in [-0.4, -0.2) is 73.6 Å². The fourth-order valence-corrected chi connectivity index (χ4v) is 5.33. The van der Waals surface area contributed by atoms with Crippen molar-refractivity contribution in [1.29, 1.82) is 0 Å². The number of benzene rings is 2. The van der Waals surface area contributed by atoms with Crippen molar-refractivity contribution in [2.75, 3.05) is 13.2 Å². The highest BCUT2D eigenvalue weighted by atomic mass is 32.2. The molecule has 1 N–H and O–H groups in total. The minimum Gasteiger partial charge on any atom is -0.506 e. The van der Waals surface area contributed by atoms with Gasteiger partial charge in [0.1, 0.15) is 31.6 Å². The molecule has 0 aliphatic heterocycles. The van der Waals surface area contributed by atoms with E-state index >= 15 is 0 Å². The van der Waals surface area contributed by atoms with Crippen molar-refractivity contribution in [3.63, 3.8) is 0 Å². The summed E-state index contributed by atoms with van der Waals surface area (Å²) in [5.74, 6) is -4.11. The van der Waals surface area contributed by atoms with Crippen LogP contribution in [0.5, 0.6) is 11.5 Å². The van der Waals surface area contributed by atoms with Gasteiger partial charge in [-0.05, 0) is 25.0 Å². The first-order chi connectivity index (χ1) is 27.2. The third-order valence-electron chi connectivity index (χ3n) is 7.37. The second-order valence-electron chi connectivity index (χ2n) is 11.1. The third-order valence-corrected chi connectivity index (χ3v) is 8.32. The summed E-state index contributed by atoms with van der Waals surface area (Å²) >= 11 is 0. The van der Waals surface area contributed by atoms with Crippen LogP contribution >= 0.6 is 0 Å². The Kier molecular flexibility index (Phi) is 12.7. The molecule has 0 amide bonds. The number of aromatic hydroxyl groups is 1. The lowest BCUT2D eigenvalue weighted by Crippen LogP contribution is -2.35. The van der Waals surface area contributed by atoms with E-state index in [2.05, 4.69) is 24.1 Å². The Morgan fingerprint density at radius 1 is 0.719 bits per heavy atom. The van der Waals surface area contributed by atoms with E-state index in [1.54, 1.807) is 37.3 Å². The Morgan fingerprint density at radius 3 is 1.63 bits per heavy atom. The zero-order valence-corrected chi connectivity index (χ0v) is 30.4. The molecule has 18 nitrogen and oxygen atoms in total. The van der Waals surface area contributed by atoms with Gasteiger partial charge in [0.25, 0.3) is 0 Å². The highest BCUT2D eigenvalue weighted by Crippen LogP contribution is 2.33. The quantitative estimate of drug-likeness (QED) is 0.106. The standard InChI is InChI=1S/C18H14F3N3O7S.C17H15N3O5/c1-2-29-17(26)13-14(31-32(27,28)18(19,20)21)12-8-22-10-23-15(12)24(16(13)25)30-9-11-6-4-3-5-7-11;1-2-24-17(23)13-14(21)12-8-18-10-19-15(12)20(16(13)22)25-9-11-6-4-3-5-7-11/h3-8,10H,2,9H2,1H3;3-8,10,21H,2,9H2,1H3. The van der Waals surface area contributed by atoms with Gasteiger partial charge in [0, 0.05) is 12.4 Å². The molecular formula is C35H29F3N6O12S. The lowest BCUT2D eigenvalue weighted by atomic mass is 10.2. The predicted molar refractivity (Wildman–Crippen MR) is 190 cm³/mol. The van der Waals surface area contributed by atoms with Crippen molar-refractivity contribution in [2.45, 2.75) is 32.6 Å². The Morgan fingerprint density at radius 2 is 1.16 bits per heavy atom. The number of esters is 2. The summed E-state index contributed by atoms with van der Waals surface area (Å²) < 4.78 is 77.1. The van der Waals surface area contributed by atoms with Gasteiger partial charge in [-0.25, -0.2) is 29.5 Å². The molecule has 6 aromatic rings. The number of hydrogen-bond donors (Lipinski definition) is 1. The molecule has 0 saturated heterocycles. The van der Waals surface area contributed by atoms with E-state index in [4.69, 9.17) is 19.1 Å². The van der Waals surface area contributed by atoms with Crippen LogP contribution in [0.2, 0.25) is 0 Å². The zero-order valence-electron chi connectivity index (χ0n) is 29.6. The molecule has 0 aliphatic rings. The summed E-state index contributed by atoms with van der Waals surface area (Å²) in [7, 11) is -6.25. The molecule has 6 rings (SSSR count). The second-order valence-corrected chi connectivity index (χ2v) is 12.6. The first-order valence-corrected chi connectivity index (χ1v) is 17.8. The number of ether oxygens (including phenoxy) is 2. The molecule has 4 aromatic heterocycles. The second kappa shape index (κ2) is 17.6. The monoisotopic (exact) mass is 814 g/mol. The van der Waals surface area contributed by atoms with Crippen molar-refractivity contribution in [3.8, 4) is 11.5 Å². The number of fused-ring (bicyclic) bond motifs is 2. The van der Waals surface area contributed by atoms with E-state index in [1.807, 2.05) is 30.3 Å². The van der Waals surface area contributed by atoms with E-state index in [-0.39, 0.29) is 37.5 Å². The molecule has 0 atom stereocenters. The fraction of sp³-hybridized carbons (Fsp3) is 0.200. The average Bonchev–Trinajstić information content (AvgIpc) is 3.18. The number of aromatic nitrogens is 6. The summed E-state index contributed by atoms with van der Waals surface area (Å²) in [6.07, 6.45) is 4.32. The Hall–Kier alpha value is -7.10. The SMILES string of the molecule is CCOC(=O)c1c(O)c2cncnc2n(OCc2ccccc2)c1=O.CCOC(=O)c1c(OS(=O)(=O)C(F)(F)F)c2cncnc2n(OCc2ccccc2)c1=O. The molecule has 0 aliphatic carbocycles. The molecule has 2 aromatic carbocycles. The van der Waals surface area contributed by atoms with Crippen LogP contribution < -0.4 is 25.0 Å². The minimum atomic E-state index is -6.25. The molecular weight excluding hydrogens is 785 g/mol. The molecule has 22 heteroatoms. The molecule has 0 saturated carbocycles. The summed E-state index contributed by atoms with van der Waals surface area (Å²) in [5.41, 5.74) is -8.60. The van der Waals surface area contributed by atoms with E-state index in [0.717, 1.165) is 22.8 Å². The normalized spacial score (nSPS) is 11.3. The predicted octanol–water partition coefficient (Wildman–Crippen LogP) is 3.13. The molecule has 298 valence electrons. The molecule has 0 spiro atoms. The van der Waals surface area contributed by atoms with Crippen molar-refractivity contribution in [3.05, 3.63) is 129 Å². The first-order valence-electron chi connectivity index (χ1n) is 16.4. The number of carbonyl (C=O) groups is 2. The van der Waals surface area contributed by atoms with Crippen LogP contribution in [0.1, 0.15) is 45.7 Å². The average molecular weight is 815 g/mol. The highest BCUT2D eigenvalue weighted by Gasteiger charge is 2.49. The molecule has 0 bridgehead atoms. The maximum absolute atomic E-state index is 13.0. The first kappa shape index (κ1) is 41.1. The van der Waals surface area contributed by atoms with Gasteiger partial charge in [-0.1, -0.05) is 60.7 Å². The van der Waals surface area contributed by atoms with E-state index < -0.39 is 72.3 Å². The summed E-state index contributed by atoms with van der Waals surface area (Å²) in [5, 5.41) is 9.89. The summed E-state index contributed by atoms with van der Waals surface area (Å²) in [4.78, 5) is 76.3. The number of carbonyl (C=O) groups excluding carboxylic acids is 2. The molecule has 0 unspecified atom stereocenters. The Labute approximate surface area is 318 Å². The van der Waals surface area contributed by atoms with Crippen LogP contribution in [0.15, 0.2) is 95.3 Å². The summed E-state index contributed by atoms with van der Waals surface area (Å²) in [6.45, 7) is 2.66. The van der Waals surface area contributed by atoms with Gasteiger partial charge in [0.15, 0.2) is 28.2 Å². The summed E-state index contributed by atoms with van der Waals surface area (Å²) in [6, 6.07) is 17.7. The van der Waals surface area contributed by atoms with E-state index in [0.29, 0.717) is 10.3 Å². The van der Waals surface area contributed by atoms with Crippen LogP contribution in [0.4, 0.5) is 13.2 Å². The van der Waals surface area contributed by atoms with Crippen LogP contribution in [0.3, 0.4) is 0 Å². The van der Waals surface area contributed by atoms with Crippen molar-refractivity contribution >= 4 is 44.1 Å². The number of rotatable bonds is 12. The number of hydrogen-bond acceptors (Lipinski definition) is 16. The topological polar surface area (TPSA) is 230 Å². The number of pyridine rings is 2. The Balaban J connectivity index is 0.000000224. The Bertz CT molecular complexity index is 2640. The molecule has 4 heterocycles. The van der Waals surface area contributed by atoms with Crippen molar-refractivity contribution in [2.24, 2.45) is 0 Å². The van der Waals surface area contributed by atoms with Crippen LogP contribution in [-0.2, 0) is 32.8 Å². The van der Waals surface area contributed by atoms with E-state index in [1.165, 1.54) is 19.4 Å². The molecule has 57 heavy (non-hydrogen) atoms. The smallest absolute Gasteiger partial charge is 0.506 e. The molecule has 0 fully saturated rings. The van der Waals surface area contributed by atoms with Gasteiger partial charge in [0.2, 0.25) is 0 Å². The van der Waals surface area contributed by atoms with Crippen molar-refractivity contribution in [1.82, 2.24) is 29.4 Å². The van der Waals surface area contributed by atoms with Crippen LogP contribution in [0.25, 0.3) is 22.1 Å². The van der Waals surface area contributed by atoms with Crippen molar-refractivity contribution < 1.29 is 59.6 Å². The van der Waals surface area contributed by atoms with Crippen LogP contribution in [0, 0.1) is 0 Å². The lowest BCUT2D eigenvalue weighted by Gasteiger charge is -2.17. The number of halogens is 3. The molecule has 0 radical (unpaired) electrons. The number of alkyl halides is 3. The minimum absolute atomic E-state index is 0.0569. The third kappa shape index (κ3) is 9.07. The van der Waals surface area contributed by atoms with Gasteiger partial charge in [0.05, 0.1) is 24.0 Å². The highest BCUT2D eigenvalue weighted by molar-refractivity contribution is 7.88. The maximum atomic E-state index is 13.0. The number of nitrogens with zero attached hydrogens (tertiary/aromatic N) is 6. The lowest BCUT2D eigenvalue weighted by molar-refractivity contribution is -0.0500. The van der Waals surface area contributed by atoms with Gasteiger partial charge < -0.3 is 28.4 Å². The zero-order chi connectivity index (χ0) is 41.3. The van der Waals surface area contributed by atoms with E-state index in [9.17, 15) is 45.9 Å². The van der Waals surface area contributed by atoms with Gasteiger partial charge in [-0.15, -0.1) is 9.46 Å².